The molecular weight excluding hydrogens is 595 g/mol. The van der Waals surface area contributed by atoms with Gasteiger partial charge < -0.3 is 14.4 Å². The fourth-order valence-electron chi connectivity index (χ4n) is 5.87. The lowest BCUT2D eigenvalue weighted by Crippen LogP contribution is -2.51. The van der Waals surface area contributed by atoms with Crippen LogP contribution in [0.2, 0.25) is 0 Å². The summed E-state index contributed by atoms with van der Waals surface area (Å²) in [6.45, 7) is 3.40. The van der Waals surface area contributed by atoms with Gasteiger partial charge in [-0.05, 0) is 54.2 Å². The summed E-state index contributed by atoms with van der Waals surface area (Å²) in [5, 5.41) is 0. The third-order valence-electron chi connectivity index (χ3n) is 8.53. The first kappa shape index (κ1) is 29.5. The number of amides is 1. The number of rotatable bonds is 10. The summed E-state index contributed by atoms with van der Waals surface area (Å²) in [5.41, 5.74) is 3.27. The van der Waals surface area contributed by atoms with Crippen molar-refractivity contribution in [1.82, 2.24) is 19.8 Å². The highest BCUT2D eigenvalue weighted by atomic mass is 32.1. The number of nitrogens with zero attached hydrogens (tertiary/aromatic N) is 4. The van der Waals surface area contributed by atoms with Crippen LogP contribution in [0.3, 0.4) is 0 Å². The SMILES string of the molecule is O=C(Cc1ccc(Oc2ccnc3cc(-c4ccc(CN5CCN(C(=O)[C@H]6CCC(=O)O6)CC5)cn4)sc23)c(F)c1)CC1CC1. The van der Waals surface area contributed by atoms with Gasteiger partial charge in [0.15, 0.2) is 17.7 Å². The van der Waals surface area contributed by atoms with Crippen LogP contribution in [0.15, 0.2) is 54.9 Å². The number of hydrogen-bond acceptors (Lipinski definition) is 9. The highest BCUT2D eigenvalue weighted by Crippen LogP contribution is 2.39. The van der Waals surface area contributed by atoms with Crippen molar-refractivity contribution >= 4 is 39.2 Å². The standard InChI is InChI=1S/C34H33FN4O5S/c35-25-17-22(16-24(40)15-21-1-2-21)4-6-28(25)43-29-9-10-36-27-18-31(45-33(27)29)26-5-3-23(19-37-26)20-38-11-13-39(14-12-38)34(42)30-7-8-32(41)44-30/h3-6,9-10,17-19,21,30H,1-2,7-8,11-16,20H2/t30-/m1/s1. The predicted molar refractivity (Wildman–Crippen MR) is 166 cm³/mol. The topological polar surface area (TPSA) is 102 Å². The number of benzene rings is 1. The molecule has 1 aliphatic carbocycles. The quantitative estimate of drug-likeness (QED) is 0.211. The number of thiophene rings is 1. The molecule has 7 rings (SSSR count). The number of Topliss-reactive ketones (excluding diaryl/α,β-unsaturated/α-hetero) is 1. The molecule has 9 nitrogen and oxygen atoms in total. The van der Waals surface area contributed by atoms with Crippen molar-refractivity contribution in [3.63, 3.8) is 0 Å². The number of hydrogen-bond donors (Lipinski definition) is 0. The van der Waals surface area contributed by atoms with Crippen LogP contribution in [0.4, 0.5) is 4.39 Å². The number of carbonyl (C=O) groups excluding carboxylic acids is 3. The van der Waals surface area contributed by atoms with Crippen LogP contribution in [-0.4, -0.2) is 69.7 Å². The fraction of sp³-hybridized carbons (Fsp3) is 0.382. The lowest BCUT2D eigenvalue weighted by atomic mass is 10.0. The van der Waals surface area contributed by atoms with Gasteiger partial charge in [-0.1, -0.05) is 12.1 Å². The molecule has 3 fully saturated rings. The van der Waals surface area contributed by atoms with Gasteiger partial charge in [-0.2, -0.15) is 0 Å². The number of carbonyl (C=O) groups is 3. The molecule has 0 radical (unpaired) electrons. The molecule has 11 heteroatoms. The second kappa shape index (κ2) is 12.6. The molecule has 3 aromatic heterocycles. The normalized spacial score (nSPS) is 18.7. The van der Waals surface area contributed by atoms with E-state index in [0.717, 1.165) is 58.8 Å². The van der Waals surface area contributed by atoms with Gasteiger partial charge in [0.2, 0.25) is 0 Å². The third-order valence-corrected chi connectivity index (χ3v) is 9.70. The minimum Gasteiger partial charge on any atom is -0.453 e. The Hall–Kier alpha value is -4.22. The summed E-state index contributed by atoms with van der Waals surface area (Å²) >= 11 is 1.48. The van der Waals surface area contributed by atoms with Crippen molar-refractivity contribution in [3.05, 3.63) is 71.8 Å². The number of piperazine rings is 1. The van der Waals surface area contributed by atoms with Gasteiger partial charge in [0.1, 0.15) is 11.5 Å². The van der Waals surface area contributed by atoms with E-state index < -0.39 is 11.9 Å². The van der Waals surface area contributed by atoms with E-state index in [1.807, 2.05) is 18.3 Å². The van der Waals surface area contributed by atoms with E-state index in [0.29, 0.717) is 49.6 Å². The van der Waals surface area contributed by atoms with Crippen molar-refractivity contribution in [3.8, 4) is 22.1 Å². The van der Waals surface area contributed by atoms with Crippen molar-refractivity contribution in [1.29, 1.82) is 0 Å². The molecule has 5 heterocycles. The zero-order valence-corrected chi connectivity index (χ0v) is 25.6. The fourth-order valence-corrected chi connectivity index (χ4v) is 6.91. The van der Waals surface area contributed by atoms with E-state index in [4.69, 9.17) is 14.5 Å². The van der Waals surface area contributed by atoms with Crippen molar-refractivity contribution < 1.29 is 28.2 Å². The average Bonchev–Trinajstić information content (AvgIpc) is 3.55. The number of ether oxygens (including phenoxy) is 2. The zero-order valence-electron chi connectivity index (χ0n) is 24.7. The largest absolute Gasteiger partial charge is 0.453 e. The van der Waals surface area contributed by atoms with Crippen LogP contribution >= 0.6 is 11.3 Å². The highest BCUT2D eigenvalue weighted by Gasteiger charge is 2.34. The monoisotopic (exact) mass is 628 g/mol. The first-order valence-corrected chi connectivity index (χ1v) is 16.2. The first-order valence-electron chi connectivity index (χ1n) is 15.4. The Bertz CT molecular complexity index is 1750. The Morgan fingerprint density at radius 3 is 2.51 bits per heavy atom. The molecule has 0 spiro atoms. The molecule has 2 saturated heterocycles. The number of aromatic nitrogens is 2. The van der Waals surface area contributed by atoms with Crippen LogP contribution in [0.5, 0.6) is 11.5 Å². The highest BCUT2D eigenvalue weighted by molar-refractivity contribution is 7.22. The van der Waals surface area contributed by atoms with E-state index in [1.54, 1.807) is 29.3 Å². The molecule has 1 atom stereocenters. The van der Waals surface area contributed by atoms with Gasteiger partial charge >= 0.3 is 5.97 Å². The number of cyclic esters (lactones) is 1. The van der Waals surface area contributed by atoms with Crippen molar-refractivity contribution in [2.75, 3.05) is 26.2 Å². The lowest BCUT2D eigenvalue weighted by molar-refractivity contribution is -0.153. The van der Waals surface area contributed by atoms with Gasteiger partial charge in [-0.3, -0.25) is 29.3 Å². The molecule has 232 valence electrons. The Morgan fingerprint density at radius 2 is 1.80 bits per heavy atom. The molecule has 1 amide bonds. The van der Waals surface area contributed by atoms with Crippen LogP contribution in [0.1, 0.15) is 43.2 Å². The van der Waals surface area contributed by atoms with E-state index in [2.05, 4.69) is 16.0 Å². The summed E-state index contributed by atoms with van der Waals surface area (Å²) in [4.78, 5) is 50.4. The Kier molecular flexibility index (Phi) is 8.29. The van der Waals surface area contributed by atoms with Crippen LogP contribution in [0.25, 0.3) is 20.8 Å². The number of esters is 1. The molecule has 1 aromatic carbocycles. The van der Waals surface area contributed by atoms with E-state index in [1.165, 1.54) is 17.4 Å². The molecule has 4 aromatic rings. The maximum Gasteiger partial charge on any atom is 0.306 e. The third kappa shape index (κ3) is 6.89. The van der Waals surface area contributed by atoms with Gasteiger partial charge in [0, 0.05) is 76.9 Å². The van der Waals surface area contributed by atoms with E-state index in [9.17, 15) is 18.8 Å². The van der Waals surface area contributed by atoms with Gasteiger partial charge in [0.05, 0.1) is 20.8 Å². The minimum absolute atomic E-state index is 0.0898. The Morgan fingerprint density at radius 1 is 0.978 bits per heavy atom. The average molecular weight is 629 g/mol. The van der Waals surface area contributed by atoms with Gasteiger partial charge in [0.25, 0.3) is 5.91 Å². The summed E-state index contributed by atoms with van der Waals surface area (Å²) in [5.74, 6) is 0.386. The van der Waals surface area contributed by atoms with Crippen LogP contribution in [0, 0.1) is 11.7 Å². The zero-order chi connectivity index (χ0) is 30.9. The van der Waals surface area contributed by atoms with Gasteiger partial charge in [-0.25, -0.2) is 4.39 Å². The van der Waals surface area contributed by atoms with Crippen LogP contribution in [-0.2, 0) is 32.1 Å². The van der Waals surface area contributed by atoms with Crippen molar-refractivity contribution in [2.24, 2.45) is 5.92 Å². The molecule has 0 unspecified atom stereocenters. The number of fused-ring (bicyclic) bond motifs is 1. The molecule has 45 heavy (non-hydrogen) atoms. The Labute approximate surface area is 264 Å². The summed E-state index contributed by atoms with van der Waals surface area (Å²) in [7, 11) is 0. The maximum atomic E-state index is 15.0. The number of ketones is 1. The minimum atomic E-state index is -0.626. The van der Waals surface area contributed by atoms with Gasteiger partial charge in [-0.15, -0.1) is 11.3 Å². The van der Waals surface area contributed by atoms with E-state index >= 15 is 0 Å². The predicted octanol–water partition coefficient (Wildman–Crippen LogP) is 5.55. The maximum absolute atomic E-state index is 15.0. The Balaban J connectivity index is 0.972. The second-order valence-corrected chi connectivity index (χ2v) is 13.1. The smallest absolute Gasteiger partial charge is 0.306 e. The number of halogens is 1. The molecular formula is C34H33FN4O5S. The summed E-state index contributed by atoms with van der Waals surface area (Å²) < 4.78 is 26.9. The number of pyridine rings is 2. The van der Waals surface area contributed by atoms with Crippen molar-refractivity contribution in [2.45, 2.75) is 51.2 Å². The van der Waals surface area contributed by atoms with Crippen LogP contribution < -0.4 is 4.74 Å². The summed E-state index contributed by atoms with van der Waals surface area (Å²) in [6, 6.07) is 12.4. The first-order chi connectivity index (χ1) is 21.9. The lowest BCUT2D eigenvalue weighted by Gasteiger charge is -2.35. The summed E-state index contributed by atoms with van der Waals surface area (Å²) in [6.07, 6.45) is 6.72. The molecule has 1 saturated carbocycles. The van der Waals surface area contributed by atoms with E-state index in [-0.39, 0.29) is 29.8 Å². The molecule has 3 aliphatic rings. The molecule has 0 bridgehead atoms. The molecule has 0 N–H and O–H groups in total. The molecule has 2 aliphatic heterocycles. The second-order valence-electron chi connectivity index (χ2n) is 12.0.